The lowest BCUT2D eigenvalue weighted by atomic mass is 10.1. The second kappa shape index (κ2) is 6.99. The molecule has 0 aliphatic carbocycles. The van der Waals surface area contributed by atoms with Crippen molar-refractivity contribution in [3.63, 3.8) is 0 Å². The average molecular weight is 303 g/mol. The van der Waals surface area contributed by atoms with E-state index in [-0.39, 0.29) is 11.8 Å². The molecule has 0 radical (unpaired) electrons. The monoisotopic (exact) mass is 303 g/mol. The minimum Gasteiger partial charge on any atom is -0.355 e. The fraction of sp³-hybridized carbons (Fsp3) is 0.267. The van der Waals surface area contributed by atoms with Crippen molar-refractivity contribution < 1.29 is 9.59 Å². The van der Waals surface area contributed by atoms with Crippen molar-refractivity contribution in [1.82, 2.24) is 15.2 Å². The van der Waals surface area contributed by atoms with E-state index < -0.39 is 0 Å². The predicted octanol–water partition coefficient (Wildman–Crippen LogP) is 1.70. The van der Waals surface area contributed by atoms with E-state index in [0.717, 1.165) is 11.3 Å². The molecule has 1 aromatic carbocycles. The Balaban J connectivity index is 1.94. The number of thiazole rings is 1. The predicted molar refractivity (Wildman–Crippen MR) is 82.1 cm³/mol. The van der Waals surface area contributed by atoms with Crippen molar-refractivity contribution in [2.24, 2.45) is 0 Å². The van der Waals surface area contributed by atoms with Crippen LogP contribution in [0.5, 0.6) is 0 Å². The molecule has 0 saturated carbocycles. The van der Waals surface area contributed by atoms with Gasteiger partial charge in [0.05, 0.1) is 17.6 Å². The number of carbonyl (C=O) groups excluding carboxylic acids is 2. The molecule has 21 heavy (non-hydrogen) atoms. The number of likely N-dealkylation sites (N-methyl/N-ethyl adjacent to an activating group) is 1. The van der Waals surface area contributed by atoms with Gasteiger partial charge in [-0.15, -0.1) is 11.3 Å². The molecule has 0 fully saturated rings. The standard InChI is InChI=1S/C15H17N3O2S/c1-16-15(20)12-5-3-11(4-6-12)8-18(2)14(19)7-13-9-21-10-17-13/h3-6,9-10H,7-8H2,1-2H3,(H,16,20). The molecule has 0 saturated heterocycles. The summed E-state index contributed by atoms with van der Waals surface area (Å²) < 4.78 is 0. The topological polar surface area (TPSA) is 62.3 Å². The first kappa shape index (κ1) is 15.2. The van der Waals surface area contributed by atoms with Gasteiger partial charge in [-0.25, -0.2) is 4.98 Å². The second-order valence-electron chi connectivity index (χ2n) is 4.68. The van der Waals surface area contributed by atoms with Crippen molar-refractivity contribution in [2.45, 2.75) is 13.0 Å². The van der Waals surface area contributed by atoms with Gasteiger partial charge in [-0.05, 0) is 17.7 Å². The van der Waals surface area contributed by atoms with Crippen LogP contribution < -0.4 is 5.32 Å². The minimum absolute atomic E-state index is 0.0243. The van der Waals surface area contributed by atoms with Crippen LogP contribution in [0.2, 0.25) is 0 Å². The summed E-state index contributed by atoms with van der Waals surface area (Å²) in [4.78, 5) is 29.3. The van der Waals surface area contributed by atoms with Gasteiger partial charge in [0.2, 0.25) is 5.91 Å². The molecule has 1 N–H and O–H groups in total. The maximum Gasteiger partial charge on any atom is 0.251 e. The summed E-state index contributed by atoms with van der Waals surface area (Å²) in [6.45, 7) is 0.511. The molecule has 2 rings (SSSR count). The second-order valence-corrected chi connectivity index (χ2v) is 5.40. The molecule has 110 valence electrons. The Hall–Kier alpha value is -2.21. The molecule has 6 heteroatoms. The fourth-order valence-electron chi connectivity index (χ4n) is 1.88. The Kier molecular flexibility index (Phi) is 5.05. The van der Waals surface area contributed by atoms with E-state index in [9.17, 15) is 9.59 Å². The van der Waals surface area contributed by atoms with Crippen molar-refractivity contribution >= 4 is 23.2 Å². The minimum atomic E-state index is -0.116. The first-order valence-corrected chi connectivity index (χ1v) is 7.46. The number of carbonyl (C=O) groups is 2. The van der Waals surface area contributed by atoms with Crippen LogP contribution in [0, 0.1) is 0 Å². The number of nitrogens with one attached hydrogen (secondary N) is 1. The van der Waals surface area contributed by atoms with Gasteiger partial charge in [0.15, 0.2) is 0 Å². The van der Waals surface area contributed by atoms with Crippen LogP contribution in [0.1, 0.15) is 21.6 Å². The van der Waals surface area contributed by atoms with Gasteiger partial charge in [0.25, 0.3) is 5.91 Å². The first-order chi connectivity index (χ1) is 10.1. The van der Waals surface area contributed by atoms with Gasteiger partial charge in [0.1, 0.15) is 0 Å². The summed E-state index contributed by atoms with van der Waals surface area (Å²) in [5, 5.41) is 4.45. The van der Waals surface area contributed by atoms with Gasteiger partial charge in [-0.1, -0.05) is 12.1 Å². The molecule has 0 spiro atoms. The highest BCUT2D eigenvalue weighted by molar-refractivity contribution is 7.07. The number of rotatable bonds is 5. The maximum atomic E-state index is 12.1. The van der Waals surface area contributed by atoms with E-state index in [4.69, 9.17) is 0 Å². The molecule has 1 aromatic heterocycles. The number of aromatic nitrogens is 1. The molecular weight excluding hydrogens is 286 g/mol. The Labute approximate surface area is 127 Å². The lowest BCUT2D eigenvalue weighted by molar-refractivity contribution is -0.129. The van der Waals surface area contributed by atoms with Gasteiger partial charge in [-0.3, -0.25) is 9.59 Å². The smallest absolute Gasteiger partial charge is 0.251 e. The number of hydrogen-bond acceptors (Lipinski definition) is 4. The Bertz CT molecular complexity index is 608. The third-order valence-corrected chi connectivity index (χ3v) is 3.74. The number of amides is 2. The highest BCUT2D eigenvalue weighted by Crippen LogP contribution is 2.09. The molecule has 0 unspecified atom stereocenters. The van der Waals surface area contributed by atoms with Gasteiger partial charge < -0.3 is 10.2 Å². The van der Waals surface area contributed by atoms with E-state index in [1.165, 1.54) is 11.3 Å². The van der Waals surface area contributed by atoms with E-state index in [1.54, 1.807) is 36.6 Å². The zero-order valence-electron chi connectivity index (χ0n) is 12.0. The lowest BCUT2D eigenvalue weighted by Crippen LogP contribution is -2.27. The summed E-state index contributed by atoms with van der Waals surface area (Å²) >= 11 is 1.48. The zero-order valence-corrected chi connectivity index (χ0v) is 12.8. The van der Waals surface area contributed by atoms with E-state index in [2.05, 4.69) is 10.3 Å². The fourth-order valence-corrected chi connectivity index (χ4v) is 2.44. The summed E-state index contributed by atoms with van der Waals surface area (Å²) in [5.41, 5.74) is 4.11. The summed E-state index contributed by atoms with van der Waals surface area (Å²) in [5.74, 6) is -0.0919. The average Bonchev–Trinajstić information content (AvgIpc) is 3.00. The molecule has 0 aliphatic heterocycles. The van der Waals surface area contributed by atoms with Crippen LogP contribution in [-0.2, 0) is 17.8 Å². The van der Waals surface area contributed by atoms with Crippen LogP contribution in [0.3, 0.4) is 0 Å². The van der Waals surface area contributed by atoms with E-state index in [1.807, 2.05) is 17.5 Å². The summed E-state index contributed by atoms with van der Waals surface area (Å²) in [6.07, 6.45) is 0.316. The van der Waals surface area contributed by atoms with Crippen molar-refractivity contribution in [3.8, 4) is 0 Å². The Morgan fingerprint density at radius 2 is 2.00 bits per heavy atom. The molecule has 1 heterocycles. The maximum absolute atomic E-state index is 12.1. The lowest BCUT2D eigenvalue weighted by Gasteiger charge is -2.17. The highest BCUT2D eigenvalue weighted by Gasteiger charge is 2.11. The highest BCUT2D eigenvalue weighted by atomic mass is 32.1. The van der Waals surface area contributed by atoms with E-state index in [0.29, 0.717) is 18.5 Å². The van der Waals surface area contributed by atoms with Gasteiger partial charge in [0, 0.05) is 31.6 Å². The molecule has 0 bridgehead atoms. The molecule has 0 aliphatic rings. The first-order valence-electron chi connectivity index (χ1n) is 6.52. The van der Waals surface area contributed by atoms with Crippen LogP contribution in [-0.4, -0.2) is 35.8 Å². The normalized spacial score (nSPS) is 10.2. The third-order valence-electron chi connectivity index (χ3n) is 3.10. The van der Waals surface area contributed by atoms with E-state index >= 15 is 0 Å². The SMILES string of the molecule is CNC(=O)c1ccc(CN(C)C(=O)Cc2cscn2)cc1. The molecule has 5 nitrogen and oxygen atoms in total. The molecule has 2 amide bonds. The largest absolute Gasteiger partial charge is 0.355 e. The Morgan fingerprint density at radius 1 is 1.29 bits per heavy atom. The number of benzene rings is 1. The summed E-state index contributed by atoms with van der Waals surface area (Å²) in [7, 11) is 3.36. The number of hydrogen-bond donors (Lipinski definition) is 1. The molecular formula is C15H17N3O2S. The van der Waals surface area contributed by atoms with Crippen LogP contribution in [0.4, 0.5) is 0 Å². The van der Waals surface area contributed by atoms with Crippen molar-refractivity contribution in [3.05, 3.63) is 52.0 Å². The number of nitrogens with zero attached hydrogens (tertiary/aromatic N) is 2. The van der Waals surface area contributed by atoms with Crippen LogP contribution >= 0.6 is 11.3 Å². The molecule has 2 aromatic rings. The van der Waals surface area contributed by atoms with Crippen molar-refractivity contribution in [1.29, 1.82) is 0 Å². The van der Waals surface area contributed by atoms with Gasteiger partial charge in [-0.2, -0.15) is 0 Å². The van der Waals surface area contributed by atoms with Gasteiger partial charge >= 0.3 is 0 Å². The van der Waals surface area contributed by atoms with Crippen LogP contribution in [0.15, 0.2) is 35.2 Å². The summed E-state index contributed by atoms with van der Waals surface area (Å²) in [6, 6.07) is 7.23. The zero-order chi connectivity index (χ0) is 15.2. The third kappa shape index (κ3) is 4.13. The quantitative estimate of drug-likeness (QED) is 0.914. The van der Waals surface area contributed by atoms with Crippen LogP contribution in [0.25, 0.3) is 0 Å². The Morgan fingerprint density at radius 3 is 2.57 bits per heavy atom. The molecule has 0 atom stereocenters. The van der Waals surface area contributed by atoms with Crippen molar-refractivity contribution in [2.75, 3.05) is 14.1 Å².